The minimum absolute atomic E-state index is 0.353. The lowest BCUT2D eigenvalue weighted by molar-refractivity contribution is 0.234. The molecule has 0 bridgehead atoms. The number of hydrogen-bond donors (Lipinski definition) is 2. The fraction of sp³-hybridized carbons (Fsp3) is 1.00. The zero-order chi connectivity index (χ0) is 16.7. The Morgan fingerprint density at radius 1 is 0.714 bits per heavy atom. The fourth-order valence-electron chi connectivity index (χ4n) is 2.87. The lowest BCUT2D eigenvalue weighted by Crippen LogP contribution is -2.65. The second-order valence-corrected chi connectivity index (χ2v) is 24.8. The Morgan fingerprint density at radius 3 is 1.38 bits per heavy atom. The van der Waals surface area contributed by atoms with E-state index >= 15 is 0 Å². The molecule has 1 aliphatic rings. The molecule has 6 nitrogen and oxygen atoms in total. The molecule has 0 amide bonds. The van der Waals surface area contributed by atoms with Crippen LogP contribution < -0.4 is 0 Å². The second-order valence-electron chi connectivity index (χ2n) is 7.46. The molecule has 1 aliphatic heterocycles. The van der Waals surface area contributed by atoms with Crippen LogP contribution in [-0.2, 0) is 16.5 Å². The molecule has 0 aromatic carbocycles. The summed E-state index contributed by atoms with van der Waals surface area (Å²) in [6.45, 7) is 15.6. The van der Waals surface area contributed by atoms with E-state index < -0.39 is 42.8 Å². The van der Waals surface area contributed by atoms with Crippen LogP contribution in [0.4, 0.5) is 0 Å². The highest BCUT2D eigenvalue weighted by Gasteiger charge is 2.52. The third-order valence-electron chi connectivity index (χ3n) is 2.96. The van der Waals surface area contributed by atoms with Crippen molar-refractivity contribution in [3.63, 3.8) is 0 Å². The number of hydrogen-bond acceptors (Lipinski definition) is 6. The van der Waals surface area contributed by atoms with Crippen molar-refractivity contribution in [2.45, 2.75) is 64.5 Å². The Morgan fingerprint density at radius 2 is 1.05 bits per heavy atom. The van der Waals surface area contributed by atoms with Crippen LogP contribution in [0.5, 0.6) is 0 Å². The molecular weight excluding hydrogens is 357 g/mol. The van der Waals surface area contributed by atoms with Gasteiger partial charge < -0.3 is 26.1 Å². The van der Waals surface area contributed by atoms with Gasteiger partial charge in [-0.2, -0.15) is 0 Å². The average molecular weight is 387 g/mol. The molecule has 0 saturated carbocycles. The van der Waals surface area contributed by atoms with E-state index in [1.165, 1.54) is 6.55 Å². The van der Waals surface area contributed by atoms with Crippen LogP contribution in [0.1, 0.15) is 0 Å². The normalized spacial score (nSPS) is 27.7. The van der Waals surface area contributed by atoms with Gasteiger partial charge in [0.2, 0.25) is 0 Å². The van der Waals surface area contributed by atoms with Crippen LogP contribution in [0.3, 0.4) is 0 Å². The maximum Gasteiger partial charge on any atom is 0.329 e. The van der Waals surface area contributed by atoms with Gasteiger partial charge in [-0.05, 0) is 64.5 Å². The van der Waals surface area contributed by atoms with Gasteiger partial charge in [-0.1, -0.05) is 0 Å². The van der Waals surface area contributed by atoms with Crippen LogP contribution in [0.25, 0.3) is 0 Å². The van der Waals surface area contributed by atoms with Crippen molar-refractivity contribution >= 4 is 42.8 Å². The summed E-state index contributed by atoms with van der Waals surface area (Å²) < 4.78 is 25.2. The molecule has 0 spiro atoms. The molecule has 1 rings (SSSR count). The van der Waals surface area contributed by atoms with E-state index in [2.05, 4.69) is 0 Å². The molecule has 11 heteroatoms. The molecule has 0 radical (unpaired) electrons. The summed E-state index contributed by atoms with van der Waals surface area (Å²) in [6.07, 6.45) is 0. The van der Waals surface area contributed by atoms with Crippen LogP contribution >= 0.6 is 0 Å². The summed E-state index contributed by atoms with van der Waals surface area (Å²) >= 11 is 0. The second kappa shape index (κ2) is 6.05. The number of rotatable bonds is 3. The SMILES string of the molecule is C[Si](O)(O)CC[Si]1(C)O[Si](C)(C)O[Si](C)(C)O[Si](C)(C)O1. The first-order valence-electron chi connectivity index (χ1n) is 7.29. The van der Waals surface area contributed by atoms with Gasteiger partial charge in [-0.25, -0.2) is 0 Å². The van der Waals surface area contributed by atoms with Crippen LogP contribution in [-0.4, -0.2) is 52.4 Å². The first-order chi connectivity index (χ1) is 9.04. The Hall–Kier alpha value is 0.844. The largest absolute Gasteiger partial charge is 0.416 e. The molecule has 2 N–H and O–H groups in total. The van der Waals surface area contributed by atoms with E-state index in [1.807, 2.05) is 45.8 Å². The van der Waals surface area contributed by atoms with E-state index in [4.69, 9.17) is 16.5 Å². The average Bonchev–Trinajstić information content (AvgIpc) is 2.04. The van der Waals surface area contributed by atoms with Gasteiger partial charge in [-0.15, -0.1) is 0 Å². The third kappa shape index (κ3) is 7.30. The first-order valence-corrected chi connectivity index (χ1v) is 20.9. The van der Waals surface area contributed by atoms with Gasteiger partial charge >= 0.3 is 42.8 Å². The summed E-state index contributed by atoms with van der Waals surface area (Å²) in [5.41, 5.74) is 0. The first kappa shape index (κ1) is 19.9. The zero-order valence-corrected chi connectivity index (χ0v) is 19.4. The van der Waals surface area contributed by atoms with Gasteiger partial charge in [0.1, 0.15) is 0 Å². The molecule has 0 atom stereocenters. The topological polar surface area (TPSA) is 77.4 Å². The zero-order valence-electron chi connectivity index (χ0n) is 14.4. The standard InChI is InChI=1S/C10H30O6Si5/c1-17(2)13-18(3,4)15-21(8,10-9-20(7,11)12)16-19(5,6)14-17/h11-12H,9-10H2,1-8H3. The molecule has 0 aliphatic carbocycles. The van der Waals surface area contributed by atoms with Crippen molar-refractivity contribution in [1.82, 2.24) is 0 Å². The highest BCUT2D eigenvalue weighted by atomic mass is 28.5. The molecule has 21 heavy (non-hydrogen) atoms. The van der Waals surface area contributed by atoms with E-state index in [0.717, 1.165) is 0 Å². The van der Waals surface area contributed by atoms with Gasteiger partial charge in [0.15, 0.2) is 0 Å². The quantitative estimate of drug-likeness (QED) is 0.725. The van der Waals surface area contributed by atoms with Gasteiger partial charge in [0.25, 0.3) is 0 Å². The smallest absolute Gasteiger partial charge is 0.329 e. The van der Waals surface area contributed by atoms with Crippen molar-refractivity contribution in [2.75, 3.05) is 0 Å². The lowest BCUT2D eigenvalue weighted by atomic mass is 10.9. The highest BCUT2D eigenvalue weighted by Crippen LogP contribution is 2.33. The van der Waals surface area contributed by atoms with Crippen molar-refractivity contribution in [3.8, 4) is 0 Å². The minimum Gasteiger partial charge on any atom is -0.416 e. The molecule has 126 valence electrons. The van der Waals surface area contributed by atoms with Crippen molar-refractivity contribution in [2.24, 2.45) is 0 Å². The van der Waals surface area contributed by atoms with Crippen molar-refractivity contribution in [3.05, 3.63) is 0 Å². The van der Waals surface area contributed by atoms with Crippen LogP contribution in [0, 0.1) is 0 Å². The Balaban J connectivity index is 2.98. The summed E-state index contributed by atoms with van der Waals surface area (Å²) in [5.74, 6) is 0. The molecule has 0 aromatic heterocycles. The van der Waals surface area contributed by atoms with Crippen LogP contribution in [0.2, 0.25) is 64.5 Å². The third-order valence-corrected chi connectivity index (χ3v) is 21.1. The Labute approximate surface area is 133 Å². The highest BCUT2D eigenvalue weighted by molar-refractivity contribution is 6.93. The van der Waals surface area contributed by atoms with Gasteiger partial charge in [-0.3, -0.25) is 0 Å². The van der Waals surface area contributed by atoms with E-state index in [-0.39, 0.29) is 0 Å². The van der Waals surface area contributed by atoms with Gasteiger partial charge in [0, 0.05) is 0 Å². The van der Waals surface area contributed by atoms with Crippen molar-refractivity contribution in [1.29, 1.82) is 0 Å². The molecule has 1 fully saturated rings. The molecule has 0 unspecified atom stereocenters. The maximum atomic E-state index is 9.70. The minimum atomic E-state index is -3.11. The maximum absolute atomic E-state index is 9.70. The molecule has 1 saturated heterocycles. The monoisotopic (exact) mass is 386 g/mol. The van der Waals surface area contributed by atoms with Crippen LogP contribution in [0.15, 0.2) is 0 Å². The summed E-state index contributed by atoms with van der Waals surface area (Å²) in [7, 11) is -12.6. The summed E-state index contributed by atoms with van der Waals surface area (Å²) in [6, 6.07) is 0.912. The summed E-state index contributed by atoms with van der Waals surface area (Å²) in [4.78, 5) is 19.4. The van der Waals surface area contributed by atoms with Crippen molar-refractivity contribution < 1.29 is 26.1 Å². The van der Waals surface area contributed by atoms with E-state index in [1.54, 1.807) is 0 Å². The molecule has 0 aromatic rings. The Bertz CT molecular complexity index is 359. The fourth-order valence-corrected chi connectivity index (χ4v) is 27.4. The van der Waals surface area contributed by atoms with Gasteiger partial charge in [0.05, 0.1) is 0 Å². The predicted octanol–water partition coefficient (Wildman–Crippen LogP) is 2.30. The van der Waals surface area contributed by atoms with E-state index in [0.29, 0.717) is 12.1 Å². The molecule has 1 heterocycles. The lowest BCUT2D eigenvalue weighted by Gasteiger charge is -2.47. The Kier molecular flexibility index (Phi) is 5.73. The summed E-state index contributed by atoms with van der Waals surface area (Å²) in [5, 5.41) is 0. The van der Waals surface area contributed by atoms with E-state index in [9.17, 15) is 9.59 Å². The predicted molar refractivity (Wildman–Crippen MR) is 94.1 cm³/mol. The molecular formula is C10H30O6Si5.